The summed E-state index contributed by atoms with van der Waals surface area (Å²) in [6, 6.07) is 5.25. The van der Waals surface area contributed by atoms with Crippen molar-refractivity contribution < 1.29 is 19.4 Å². The summed E-state index contributed by atoms with van der Waals surface area (Å²) >= 11 is 0. The molecule has 1 aliphatic rings. The zero-order chi connectivity index (χ0) is 12.4. The van der Waals surface area contributed by atoms with E-state index in [9.17, 15) is 9.90 Å². The molecule has 0 radical (unpaired) electrons. The highest BCUT2D eigenvalue weighted by atomic mass is 16.6. The number of carbonyl (C=O) groups is 1. The van der Waals surface area contributed by atoms with Crippen molar-refractivity contribution in [3.63, 3.8) is 0 Å². The molecule has 1 unspecified atom stereocenters. The van der Waals surface area contributed by atoms with Crippen molar-refractivity contribution in [1.29, 1.82) is 0 Å². The highest BCUT2D eigenvalue weighted by Gasteiger charge is 2.19. The van der Waals surface area contributed by atoms with E-state index in [1.165, 1.54) is 11.8 Å². The molecule has 1 amide bonds. The number of anilines is 1. The van der Waals surface area contributed by atoms with Crippen LogP contribution in [0.15, 0.2) is 18.2 Å². The topological polar surface area (TPSA) is 59.0 Å². The van der Waals surface area contributed by atoms with Gasteiger partial charge in [-0.1, -0.05) is 0 Å². The Balaban J connectivity index is 2.24. The minimum Gasteiger partial charge on any atom is -0.486 e. The van der Waals surface area contributed by atoms with Crippen molar-refractivity contribution in [1.82, 2.24) is 0 Å². The second-order valence-corrected chi connectivity index (χ2v) is 3.90. The van der Waals surface area contributed by atoms with E-state index in [2.05, 4.69) is 0 Å². The smallest absolute Gasteiger partial charge is 0.255 e. The van der Waals surface area contributed by atoms with E-state index in [4.69, 9.17) is 9.47 Å². The molecule has 0 fully saturated rings. The highest BCUT2D eigenvalue weighted by Crippen LogP contribution is 2.33. The van der Waals surface area contributed by atoms with Gasteiger partial charge < -0.3 is 19.5 Å². The molecule has 0 saturated heterocycles. The number of carbonyl (C=O) groups excluding carboxylic acids is 1. The summed E-state index contributed by atoms with van der Waals surface area (Å²) in [5.41, 5.74) is 0.667. The first-order valence-corrected chi connectivity index (χ1v) is 5.45. The summed E-state index contributed by atoms with van der Waals surface area (Å²) in [5.74, 6) is 0.943. The van der Waals surface area contributed by atoms with E-state index in [1.54, 1.807) is 25.2 Å². The van der Waals surface area contributed by atoms with Crippen molar-refractivity contribution in [2.75, 3.05) is 25.2 Å². The van der Waals surface area contributed by atoms with Crippen molar-refractivity contribution >= 4 is 11.6 Å². The Morgan fingerprint density at radius 2 is 2.00 bits per heavy atom. The molecular formula is C12H15NO4. The molecule has 2 rings (SSSR count). The zero-order valence-electron chi connectivity index (χ0n) is 9.84. The largest absolute Gasteiger partial charge is 0.486 e. The summed E-state index contributed by atoms with van der Waals surface area (Å²) in [6.45, 7) is 2.48. The van der Waals surface area contributed by atoms with Crippen LogP contribution >= 0.6 is 0 Å². The van der Waals surface area contributed by atoms with E-state index >= 15 is 0 Å². The molecule has 1 atom stereocenters. The second-order valence-electron chi connectivity index (χ2n) is 3.90. The third-order valence-corrected chi connectivity index (χ3v) is 2.60. The molecule has 1 aromatic carbocycles. The predicted molar refractivity (Wildman–Crippen MR) is 62.5 cm³/mol. The van der Waals surface area contributed by atoms with Crippen LogP contribution in [0.25, 0.3) is 0 Å². The Morgan fingerprint density at radius 1 is 1.35 bits per heavy atom. The maximum absolute atomic E-state index is 11.6. The molecule has 0 saturated carbocycles. The van der Waals surface area contributed by atoms with Crippen LogP contribution in [-0.4, -0.2) is 37.4 Å². The Kier molecular flexibility index (Phi) is 3.19. The quantitative estimate of drug-likeness (QED) is 0.826. The van der Waals surface area contributed by atoms with Gasteiger partial charge in [-0.15, -0.1) is 0 Å². The van der Waals surface area contributed by atoms with Gasteiger partial charge in [0.2, 0.25) is 0 Å². The number of likely N-dealkylation sites (N-methyl/N-ethyl adjacent to an activating group) is 1. The third-order valence-electron chi connectivity index (χ3n) is 2.60. The van der Waals surface area contributed by atoms with Gasteiger partial charge in [0.15, 0.2) is 11.5 Å². The molecule has 1 aromatic rings. The number of aliphatic hydroxyl groups is 1. The standard InChI is InChI=1S/C12H15NO4/c1-8(14)12(15)13(2)9-3-4-10-11(7-9)17-6-5-16-10/h3-4,7-8,14H,5-6H2,1-2H3. The molecule has 1 N–H and O–H groups in total. The molecule has 0 aromatic heterocycles. The lowest BCUT2D eigenvalue weighted by atomic mass is 10.2. The van der Waals surface area contributed by atoms with Gasteiger partial charge >= 0.3 is 0 Å². The number of aliphatic hydroxyl groups excluding tert-OH is 1. The van der Waals surface area contributed by atoms with Crippen molar-refractivity contribution in [2.24, 2.45) is 0 Å². The fourth-order valence-corrected chi connectivity index (χ4v) is 1.65. The molecule has 1 aliphatic heterocycles. The molecule has 5 heteroatoms. The lowest BCUT2D eigenvalue weighted by molar-refractivity contribution is -0.125. The summed E-state index contributed by atoms with van der Waals surface area (Å²) in [6.07, 6.45) is -1.02. The van der Waals surface area contributed by atoms with Crippen LogP contribution < -0.4 is 14.4 Å². The van der Waals surface area contributed by atoms with Gasteiger partial charge in [-0.2, -0.15) is 0 Å². The summed E-state index contributed by atoms with van der Waals surface area (Å²) in [7, 11) is 1.61. The number of ether oxygens (including phenoxy) is 2. The molecule has 1 heterocycles. The number of hydrogen-bond donors (Lipinski definition) is 1. The average Bonchev–Trinajstić information content (AvgIpc) is 2.36. The first kappa shape index (κ1) is 11.7. The molecular weight excluding hydrogens is 222 g/mol. The second kappa shape index (κ2) is 4.63. The first-order chi connectivity index (χ1) is 8.09. The number of amides is 1. The molecule has 0 aliphatic carbocycles. The molecule has 5 nitrogen and oxygen atoms in total. The molecule has 0 spiro atoms. The van der Waals surface area contributed by atoms with Crippen molar-refractivity contribution in [2.45, 2.75) is 13.0 Å². The average molecular weight is 237 g/mol. The number of benzene rings is 1. The van der Waals surface area contributed by atoms with E-state index < -0.39 is 6.10 Å². The Bertz CT molecular complexity index is 431. The van der Waals surface area contributed by atoms with Gasteiger partial charge in [-0.25, -0.2) is 0 Å². The van der Waals surface area contributed by atoms with Crippen LogP contribution in [0, 0.1) is 0 Å². The SMILES string of the molecule is CC(O)C(=O)N(C)c1ccc2c(c1)OCCO2. The monoisotopic (exact) mass is 237 g/mol. The Labute approximate surface area is 99.6 Å². The highest BCUT2D eigenvalue weighted by molar-refractivity contribution is 5.95. The minimum absolute atomic E-state index is 0.360. The van der Waals surface area contributed by atoms with Gasteiger partial charge in [0.1, 0.15) is 19.3 Å². The predicted octanol–water partition coefficient (Wildman–Crippen LogP) is 0.801. The van der Waals surface area contributed by atoms with Crippen LogP contribution in [0.4, 0.5) is 5.69 Å². The summed E-state index contributed by atoms with van der Waals surface area (Å²) < 4.78 is 10.8. The lowest BCUT2D eigenvalue weighted by Gasteiger charge is -2.23. The Hall–Kier alpha value is -1.75. The normalized spacial score (nSPS) is 15.2. The number of rotatable bonds is 2. The fourth-order valence-electron chi connectivity index (χ4n) is 1.65. The van der Waals surface area contributed by atoms with E-state index in [1.807, 2.05) is 0 Å². The van der Waals surface area contributed by atoms with Crippen LogP contribution in [0.5, 0.6) is 11.5 Å². The van der Waals surface area contributed by atoms with E-state index in [-0.39, 0.29) is 5.91 Å². The van der Waals surface area contributed by atoms with E-state index in [0.29, 0.717) is 30.4 Å². The van der Waals surface area contributed by atoms with Crippen LogP contribution in [0.2, 0.25) is 0 Å². The minimum atomic E-state index is -1.02. The van der Waals surface area contributed by atoms with Gasteiger partial charge in [0, 0.05) is 18.8 Å². The van der Waals surface area contributed by atoms with Gasteiger partial charge in [0.05, 0.1) is 0 Å². The summed E-state index contributed by atoms with van der Waals surface area (Å²) in [5, 5.41) is 9.24. The number of hydrogen-bond acceptors (Lipinski definition) is 4. The number of fused-ring (bicyclic) bond motifs is 1. The number of nitrogens with zero attached hydrogens (tertiary/aromatic N) is 1. The van der Waals surface area contributed by atoms with Gasteiger partial charge in [0.25, 0.3) is 5.91 Å². The zero-order valence-corrected chi connectivity index (χ0v) is 9.84. The lowest BCUT2D eigenvalue weighted by Crippen LogP contribution is -2.34. The van der Waals surface area contributed by atoms with Gasteiger partial charge in [-0.05, 0) is 19.1 Å². The first-order valence-electron chi connectivity index (χ1n) is 5.45. The van der Waals surface area contributed by atoms with Crippen molar-refractivity contribution in [3.05, 3.63) is 18.2 Å². The fraction of sp³-hybridized carbons (Fsp3) is 0.417. The maximum Gasteiger partial charge on any atom is 0.255 e. The van der Waals surface area contributed by atoms with E-state index in [0.717, 1.165) is 0 Å². The van der Waals surface area contributed by atoms with Crippen LogP contribution in [0.3, 0.4) is 0 Å². The Morgan fingerprint density at radius 3 is 2.65 bits per heavy atom. The molecule has 0 bridgehead atoms. The van der Waals surface area contributed by atoms with Gasteiger partial charge in [-0.3, -0.25) is 4.79 Å². The third kappa shape index (κ3) is 2.34. The molecule has 17 heavy (non-hydrogen) atoms. The summed E-state index contributed by atoms with van der Waals surface area (Å²) in [4.78, 5) is 13.0. The van der Waals surface area contributed by atoms with Crippen LogP contribution in [-0.2, 0) is 4.79 Å². The van der Waals surface area contributed by atoms with Crippen molar-refractivity contribution in [3.8, 4) is 11.5 Å². The van der Waals surface area contributed by atoms with Crippen LogP contribution in [0.1, 0.15) is 6.92 Å². The maximum atomic E-state index is 11.6. The molecule has 92 valence electrons.